The van der Waals surface area contributed by atoms with Crippen molar-refractivity contribution in [2.45, 2.75) is 39.7 Å². The molecule has 20 heavy (non-hydrogen) atoms. The van der Waals surface area contributed by atoms with Crippen LogP contribution < -0.4 is 10.6 Å². The summed E-state index contributed by atoms with van der Waals surface area (Å²) in [5.41, 5.74) is 0. The molecule has 1 heterocycles. The molecule has 0 aromatic carbocycles. The third kappa shape index (κ3) is 5.64. The van der Waals surface area contributed by atoms with Gasteiger partial charge in [-0.2, -0.15) is 0 Å². The third-order valence-corrected chi connectivity index (χ3v) is 3.21. The Labute approximate surface area is 137 Å². The highest BCUT2D eigenvalue weighted by Crippen LogP contribution is 2.28. The minimum absolute atomic E-state index is 0. The highest BCUT2D eigenvalue weighted by Gasteiger charge is 2.20. The van der Waals surface area contributed by atoms with Gasteiger partial charge >= 0.3 is 0 Å². The number of hydrogen-bond acceptors (Lipinski definition) is 3. The maximum Gasteiger partial charge on any atom is 0.191 e. The molecule has 0 saturated heterocycles. The average molecular weight is 392 g/mol. The van der Waals surface area contributed by atoms with Gasteiger partial charge in [-0.05, 0) is 25.7 Å². The van der Waals surface area contributed by atoms with Crippen molar-refractivity contribution in [3.05, 3.63) is 12.2 Å². The van der Waals surface area contributed by atoms with E-state index >= 15 is 0 Å². The third-order valence-electron chi connectivity index (χ3n) is 3.21. The molecule has 7 heteroatoms. The molecule has 6 nitrogen and oxygen atoms in total. The van der Waals surface area contributed by atoms with Gasteiger partial charge in [-0.3, -0.25) is 4.99 Å². The van der Waals surface area contributed by atoms with Gasteiger partial charge in [0.25, 0.3) is 0 Å². The number of aryl methyl sites for hydroxylation is 1. The summed E-state index contributed by atoms with van der Waals surface area (Å²) in [6.07, 6.45) is 5.37. The molecule has 1 aliphatic rings. The fourth-order valence-corrected chi connectivity index (χ4v) is 1.90. The van der Waals surface area contributed by atoms with E-state index in [1.165, 1.54) is 12.8 Å². The predicted molar refractivity (Wildman–Crippen MR) is 91.5 cm³/mol. The molecule has 114 valence electrons. The Morgan fingerprint density at radius 3 is 2.85 bits per heavy atom. The summed E-state index contributed by atoms with van der Waals surface area (Å²) in [6, 6.07) is 0. The lowest BCUT2D eigenvalue weighted by atomic mass is 10.4. The van der Waals surface area contributed by atoms with Crippen LogP contribution in [-0.2, 0) is 13.0 Å². The van der Waals surface area contributed by atoms with E-state index in [0.29, 0.717) is 0 Å². The molecule has 1 aromatic rings. The van der Waals surface area contributed by atoms with Crippen LogP contribution in [0, 0.1) is 5.92 Å². The molecule has 1 aliphatic carbocycles. The van der Waals surface area contributed by atoms with Gasteiger partial charge < -0.3 is 15.2 Å². The van der Waals surface area contributed by atoms with E-state index in [4.69, 9.17) is 0 Å². The summed E-state index contributed by atoms with van der Waals surface area (Å²) in [5.74, 6) is 2.77. The second kappa shape index (κ2) is 9.15. The predicted octanol–water partition coefficient (Wildman–Crippen LogP) is 1.42. The molecule has 0 unspecified atom stereocenters. The minimum Gasteiger partial charge on any atom is -0.357 e. The lowest BCUT2D eigenvalue weighted by molar-refractivity contribution is 0.632. The van der Waals surface area contributed by atoms with E-state index in [9.17, 15) is 0 Å². The van der Waals surface area contributed by atoms with Gasteiger partial charge in [0.1, 0.15) is 12.2 Å². The first-order valence-corrected chi connectivity index (χ1v) is 7.22. The van der Waals surface area contributed by atoms with Crippen molar-refractivity contribution in [1.82, 2.24) is 25.4 Å². The van der Waals surface area contributed by atoms with Crippen molar-refractivity contribution in [1.29, 1.82) is 0 Å². The van der Waals surface area contributed by atoms with Crippen LogP contribution >= 0.6 is 24.0 Å². The van der Waals surface area contributed by atoms with Crippen molar-refractivity contribution in [2.75, 3.05) is 19.6 Å². The van der Waals surface area contributed by atoms with Crippen molar-refractivity contribution in [3.63, 3.8) is 0 Å². The summed E-state index contributed by atoms with van der Waals surface area (Å²) in [7, 11) is 0. The van der Waals surface area contributed by atoms with E-state index in [2.05, 4.69) is 44.2 Å². The SMILES string of the molecule is CCNC(=NCC1CC1)NCCn1cnnc1CC.I. The second-order valence-corrected chi connectivity index (χ2v) is 4.88. The molecule has 1 aromatic heterocycles. The van der Waals surface area contributed by atoms with Gasteiger partial charge in [0.05, 0.1) is 0 Å². The molecule has 0 atom stereocenters. The van der Waals surface area contributed by atoms with E-state index in [1.807, 2.05) is 0 Å². The molecule has 2 N–H and O–H groups in total. The van der Waals surface area contributed by atoms with Crippen molar-refractivity contribution in [3.8, 4) is 0 Å². The second-order valence-electron chi connectivity index (χ2n) is 4.88. The molecule has 1 fully saturated rings. The summed E-state index contributed by atoms with van der Waals surface area (Å²) < 4.78 is 2.08. The molecule has 0 spiro atoms. The van der Waals surface area contributed by atoms with E-state index in [0.717, 1.165) is 50.3 Å². The fourth-order valence-electron chi connectivity index (χ4n) is 1.90. The van der Waals surface area contributed by atoms with Crippen LogP contribution in [0.15, 0.2) is 11.3 Å². The Morgan fingerprint density at radius 1 is 1.40 bits per heavy atom. The van der Waals surface area contributed by atoms with Crippen LogP contribution in [0.5, 0.6) is 0 Å². The summed E-state index contributed by atoms with van der Waals surface area (Å²) in [4.78, 5) is 4.59. The highest BCUT2D eigenvalue weighted by molar-refractivity contribution is 14.0. The highest BCUT2D eigenvalue weighted by atomic mass is 127. The quantitative estimate of drug-likeness (QED) is 0.419. The Balaban J connectivity index is 0.00000200. The largest absolute Gasteiger partial charge is 0.357 e. The first-order valence-electron chi connectivity index (χ1n) is 7.22. The summed E-state index contributed by atoms with van der Waals surface area (Å²) in [5, 5.41) is 14.6. The van der Waals surface area contributed by atoms with E-state index in [-0.39, 0.29) is 24.0 Å². The van der Waals surface area contributed by atoms with Gasteiger partial charge in [-0.15, -0.1) is 34.2 Å². The molecule has 2 rings (SSSR count). The summed E-state index contributed by atoms with van der Waals surface area (Å²) in [6.45, 7) is 7.72. The summed E-state index contributed by atoms with van der Waals surface area (Å²) >= 11 is 0. The number of nitrogens with one attached hydrogen (secondary N) is 2. The van der Waals surface area contributed by atoms with Gasteiger partial charge in [-0.1, -0.05) is 6.92 Å². The molecule has 0 aliphatic heterocycles. The fraction of sp³-hybridized carbons (Fsp3) is 0.769. The standard InChI is InChI=1S/C13H24N6.HI/c1-3-12-18-17-10-19(12)8-7-15-13(14-4-2)16-9-11-5-6-11;/h10-11H,3-9H2,1-2H3,(H2,14,15,16);1H. The number of rotatable bonds is 7. The first-order chi connectivity index (χ1) is 9.33. The van der Waals surface area contributed by atoms with Gasteiger partial charge in [-0.25, -0.2) is 0 Å². The van der Waals surface area contributed by atoms with Crippen LogP contribution in [0.3, 0.4) is 0 Å². The zero-order valence-corrected chi connectivity index (χ0v) is 14.6. The Kier molecular flexibility index (Phi) is 7.86. The maximum absolute atomic E-state index is 4.59. The first kappa shape index (κ1) is 17.2. The van der Waals surface area contributed by atoms with Crippen molar-refractivity contribution in [2.24, 2.45) is 10.9 Å². The number of aromatic nitrogens is 3. The Morgan fingerprint density at radius 2 is 2.20 bits per heavy atom. The number of nitrogens with zero attached hydrogens (tertiary/aromatic N) is 4. The lowest BCUT2D eigenvalue weighted by Gasteiger charge is -2.12. The van der Waals surface area contributed by atoms with Gasteiger partial charge in [0.15, 0.2) is 5.96 Å². The van der Waals surface area contributed by atoms with Crippen molar-refractivity contribution < 1.29 is 0 Å². The van der Waals surface area contributed by atoms with Gasteiger partial charge in [0.2, 0.25) is 0 Å². The maximum atomic E-state index is 4.59. The number of aliphatic imine (C=N–C) groups is 1. The van der Waals surface area contributed by atoms with Crippen LogP contribution in [0.4, 0.5) is 0 Å². The van der Waals surface area contributed by atoms with Crippen LogP contribution in [0.2, 0.25) is 0 Å². The smallest absolute Gasteiger partial charge is 0.191 e. The number of guanidine groups is 1. The topological polar surface area (TPSA) is 67.1 Å². The van der Waals surface area contributed by atoms with E-state index in [1.54, 1.807) is 6.33 Å². The van der Waals surface area contributed by atoms with Crippen LogP contribution in [-0.4, -0.2) is 40.4 Å². The van der Waals surface area contributed by atoms with Gasteiger partial charge in [0, 0.05) is 32.6 Å². The number of halogens is 1. The molecule has 0 bridgehead atoms. The molecule has 1 saturated carbocycles. The Hall–Kier alpha value is -0.860. The average Bonchev–Trinajstić information content (AvgIpc) is 3.14. The molecule has 0 radical (unpaired) electrons. The molecular formula is C13H25IN6. The van der Waals surface area contributed by atoms with E-state index < -0.39 is 0 Å². The number of hydrogen-bond donors (Lipinski definition) is 2. The monoisotopic (exact) mass is 392 g/mol. The molecular weight excluding hydrogens is 367 g/mol. The van der Waals surface area contributed by atoms with Crippen LogP contribution in [0.25, 0.3) is 0 Å². The Bertz CT molecular complexity index is 413. The zero-order valence-electron chi connectivity index (χ0n) is 12.3. The van der Waals surface area contributed by atoms with Crippen molar-refractivity contribution >= 4 is 29.9 Å². The minimum atomic E-state index is 0. The normalized spacial score (nSPS) is 14.8. The zero-order chi connectivity index (χ0) is 13.5. The van der Waals surface area contributed by atoms with Crippen LogP contribution in [0.1, 0.15) is 32.5 Å². The lowest BCUT2D eigenvalue weighted by Crippen LogP contribution is -2.39. The molecule has 0 amide bonds.